The second kappa shape index (κ2) is 3.74. The SMILES string of the molecule is Cc1nc(-n2cc(N)c(C(=O)O)n2)cc(=O)[nH]1. The highest BCUT2D eigenvalue weighted by molar-refractivity contribution is 5.91. The lowest BCUT2D eigenvalue weighted by molar-refractivity contribution is 0.0691. The topological polar surface area (TPSA) is 127 Å². The maximum atomic E-state index is 11.2. The number of carboxylic acids is 1. The smallest absolute Gasteiger partial charge is 0.358 e. The quantitative estimate of drug-likeness (QED) is 0.646. The summed E-state index contributed by atoms with van der Waals surface area (Å²) in [6.07, 6.45) is 1.30. The molecule has 0 atom stereocenters. The number of nitrogens with zero attached hydrogens (tertiary/aromatic N) is 3. The molecule has 0 saturated heterocycles. The molecule has 0 fully saturated rings. The van der Waals surface area contributed by atoms with Crippen LogP contribution in [0.5, 0.6) is 0 Å². The molecule has 88 valence electrons. The summed E-state index contributed by atoms with van der Waals surface area (Å²) in [4.78, 5) is 28.5. The minimum absolute atomic E-state index is 0.0113. The van der Waals surface area contributed by atoms with Crippen LogP contribution in [-0.2, 0) is 0 Å². The fourth-order valence-corrected chi connectivity index (χ4v) is 1.35. The summed E-state index contributed by atoms with van der Waals surface area (Å²) in [5, 5.41) is 12.5. The van der Waals surface area contributed by atoms with Gasteiger partial charge in [0, 0.05) is 6.07 Å². The molecule has 8 heteroatoms. The first-order valence-electron chi connectivity index (χ1n) is 4.64. The van der Waals surface area contributed by atoms with Crippen LogP contribution in [0, 0.1) is 6.92 Å². The van der Waals surface area contributed by atoms with E-state index in [4.69, 9.17) is 10.8 Å². The van der Waals surface area contributed by atoms with Gasteiger partial charge in [0.05, 0.1) is 11.9 Å². The molecule has 2 aromatic rings. The summed E-state index contributed by atoms with van der Waals surface area (Å²) in [5.74, 6) is -0.619. The van der Waals surface area contributed by atoms with Crippen LogP contribution in [-0.4, -0.2) is 30.8 Å². The van der Waals surface area contributed by atoms with Gasteiger partial charge in [-0.1, -0.05) is 0 Å². The molecule has 0 radical (unpaired) electrons. The lowest BCUT2D eigenvalue weighted by atomic mass is 10.4. The first-order valence-corrected chi connectivity index (χ1v) is 4.64. The highest BCUT2D eigenvalue weighted by Gasteiger charge is 2.14. The largest absolute Gasteiger partial charge is 0.476 e. The molecule has 2 aromatic heterocycles. The van der Waals surface area contributed by atoms with E-state index in [2.05, 4.69) is 15.1 Å². The molecule has 8 nitrogen and oxygen atoms in total. The van der Waals surface area contributed by atoms with Gasteiger partial charge in [-0.15, -0.1) is 0 Å². The number of nitrogens with one attached hydrogen (secondary N) is 1. The lowest BCUT2D eigenvalue weighted by Crippen LogP contribution is -2.12. The predicted molar refractivity (Wildman–Crippen MR) is 58.1 cm³/mol. The molecular formula is C9H9N5O3. The van der Waals surface area contributed by atoms with Crippen molar-refractivity contribution < 1.29 is 9.90 Å². The van der Waals surface area contributed by atoms with Crippen LogP contribution in [0.25, 0.3) is 5.82 Å². The van der Waals surface area contributed by atoms with Gasteiger partial charge in [-0.05, 0) is 6.92 Å². The third-order valence-corrected chi connectivity index (χ3v) is 2.03. The van der Waals surface area contributed by atoms with E-state index in [-0.39, 0.29) is 22.8 Å². The van der Waals surface area contributed by atoms with Gasteiger partial charge in [-0.3, -0.25) is 4.79 Å². The fourth-order valence-electron chi connectivity index (χ4n) is 1.35. The summed E-state index contributed by atoms with van der Waals surface area (Å²) in [7, 11) is 0. The molecule has 0 saturated carbocycles. The highest BCUT2D eigenvalue weighted by Crippen LogP contribution is 2.11. The summed E-state index contributed by atoms with van der Waals surface area (Å²) in [6.45, 7) is 1.61. The number of anilines is 1. The Morgan fingerprint density at radius 3 is 2.82 bits per heavy atom. The molecule has 2 rings (SSSR count). The summed E-state index contributed by atoms with van der Waals surface area (Å²) in [5.41, 5.74) is 4.87. The standard InChI is InChI=1S/C9H9N5O3/c1-4-11-6(2-7(15)12-4)14-3-5(10)8(13-14)9(16)17/h2-3H,10H2,1H3,(H,16,17)(H,11,12,15). The first-order chi connectivity index (χ1) is 7.97. The number of nitrogen functional groups attached to an aromatic ring is 1. The van der Waals surface area contributed by atoms with E-state index in [9.17, 15) is 9.59 Å². The predicted octanol–water partition coefficient (Wildman–Crippen LogP) is -0.456. The summed E-state index contributed by atoms with van der Waals surface area (Å²) >= 11 is 0. The Kier molecular flexibility index (Phi) is 2.39. The average Bonchev–Trinajstić information content (AvgIpc) is 2.59. The minimum atomic E-state index is -1.23. The Balaban J connectivity index is 2.57. The fraction of sp³-hybridized carbons (Fsp3) is 0.111. The van der Waals surface area contributed by atoms with E-state index < -0.39 is 5.97 Å². The van der Waals surface area contributed by atoms with E-state index in [1.54, 1.807) is 6.92 Å². The number of aromatic nitrogens is 4. The van der Waals surface area contributed by atoms with Gasteiger partial charge in [-0.25, -0.2) is 14.5 Å². The Morgan fingerprint density at radius 2 is 2.29 bits per heavy atom. The van der Waals surface area contributed by atoms with Crippen molar-refractivity contribution in [2.24, 2.45) is 0 Å². The second-order valence-electron chi connectivity index (χ2n) is 3.37. The van der Waals surface area contributed by atoms with Crippen molar-refractivity contribution >= 4 is 11.7 Å². The summed E-state index contributed by atoms with van der Waals surface area (Å²) < 4.78 is 1.15. The third-order valence-electron chi connectivity index (χ3n) is 2.03. The van der Waals surface area contributed by atoms with Crippen molar-refractivity contribution in [2.75, 3.05) is 5.73 Å². The van der Waals surface area contributed by atoms with Gasteiger partial charge >= 0.3 is 5.97 Å². The number of aromatic carboxylic acids is 1. The number of rotatable bonds is 2. The molecule has 0 bridgehead atoms. The zero-order valence-corrected chi connectivity index (χ0v) is 8.84. The van der Waals surface area contributed by atoms with E-state index in [0.717, 1.165) is 4.68 Å². The number of hydrogen-bond acceptors (Lipinski definition) is 5. The molecule has 0 unspecified atom stereocenters. The Labute approximate surface area is 94.7 Å². The zero-order valence-electron chi connectivity index (χ0n) is 8.84. The van der Waals surface area contributed by atoms with Gasteiger partial charge in [0.1, 0.15) is 5.82 Å². The molecule has 0 spiro atoms. The Bertz CT molecular complexity index is 642. The highest BCUT2D eigenvalue weighted by atomic mass is 16.4. The normalized spacial score (nSPS) is 10.4. The minimum Gasteiger partial charge on any atom is -0.476 e. The number of hydrogen-bond donors (Lipinski definition) is 3. The molecule has 4 N–H and O–H groups in total. The molecule has 0 aromatic carbocycles. The molecule has 17 heavy (non-hydrogen) atoms. The van der Waals surface area contributed by atoms with Crippen molar-refractivity contribution in [2.45, 2.75) is 6.92 Å². The van der Waals surface area contributed by atoms with E-state index in [1.165, 1.54) is 12.3 Å². The van der Waals surface area contributed by atoms with Crippen molar-refractivity contribution in [3.8, 4) is 5.82 Å². The van der Waals surface area contributed by atoms with Gasteiger partial charge in [0.15, 0.2) is 11.5 Å². The maximum absolute atomic E-state index is 11.2. The van der Waals surface area contributed by atoms with Crippen molar-refractivity contribution in [3.05, 3.63) is 34.1 Å². The lowest BCUT2D eigenvalue weighted by Gasteiger charge is -1.99. The molecule has 0 aliphatic carbocycles. The van der Waals surface area contributed by atoms with Gasteiger partial charge in [0.25, 0.3) is 5.56 Å². The van der Waals surface area contributed by atoms with Crippen molar-refractivity contribution in [3.63, 3.8) is 0 Å². The van der Waals surface area contributed by atoms with E-state index in [1.807, 2.05) is 0 Å². The van der Waals surface area contributed by atoms with Crippen molar-refractivity contribution in [1.82, 2.24) is 19.7 Å². The van der Waals surface area contributed by atoms with Crippen LogP contribution < -0.4 is 11.3 Å². The maximum Gasteiger partial charge on any atom is 0.358 e. The zero-order chi connectivity index (χ0) is 12.6. The first kappa shape index (κ1) is 10.9. The number of aromatic amines is 1. The van der Waals surface area contributed by atoms with Crippen LogP contribution in [0.3, 0.4) is 0 Å². The molecule has 2 heterocycles. The number of carboxylic acid groups (broad SMARTS) is 1. The van der Waals surface area contributed by atoms with Crippen LogP contribution in [0.2, 0.25) is 0 Å². The van der Waals surface area contributed by atoms with Crippen LogP contribution in [0.4, 0.5) is 5.69 Å². The molecule has 0 aliphatic heterocycles. The Morgan fingerprint density at radius 1 is 1.59 bits per heavy atom. The Hall–Kier alpha value is -2.64. The van der Waals surface area contributed by atoms with Crippen LogP contribution in [0.15, 0.2) is 17.1 Å². The number of carbonyl (C=O) groups is 1. The molecular weight excluding hydrogens is 226 g/mol. The van der Waals surface area contributed by atoms with Gasteiger partial charge in [-0.2, -0.15) is 5.10 Å². The number of aryl methyl sites for hydroxylation is 1. The van der Waals surface area contributed by atoms with Gasteiger partial charge < -0.3 is 15.8 Å². The van der Waals surface area contributed by atoms with Crippen LogP contribution in [0.1, 0.15) is 16.3 Å². The monoisotopic (exact) mass is 235 g/mol. The molecule has 0 amide bonds. The van der Waals surface area contributed by atoms with Gasteiger partial charge in [0.2, 0.25) is 0 Å². The average molecular weight is 235 g/mol. The van der Waals surface area contributed by atoms with E-state index >= 15 is 0 Å². The van der Waals surface area contributed by atoms with Crippen LogP contribution >= 0.6 is 0 Å². The number of H-pyrrole nitrogens is 1. The van der Waals surface area contributed by atoms with Crippen molar-refractivity contribution in [1.29, 1.82) is 0 Å². The van der Waals surface area contributed by atoms with E-state index in [0.29, 0.717) is 5.82 Å². The second-order valence-corrected chi connectivity index (χ2v) is 3.37. The number of nitrogens with two attached hydrogens (primary N) is 1. The molecule has 0 aliphatic rings. The third kappa shape index (κ3) is 2.00. The summed E-state index contributed by atoms with van der Waals surface area (Å²) in [6, 6.07) is 1.20.